The van der Waals surface area contributed by atoms with Gasteiger partial charge >= 0.3 is 12.1 Å². The van der Waals surface area contributed by atoms with Crippen LogP contribution < -0.4 is 26.3 Å². The lowest BCUT2D eigenvalue weighted by atomic mass is 9.97. The van der Waals surface area contributed by atoms with Crippen LogP contribution in [-0.2, 0) is 4.74 Å². The highest BCUT2D eigenvalue weighted by Gasteiger charge is 2.35. The number of methoxy groups -OCH3 is 1. The number of nitrogen functional groups attached to an aromatic ring is 2. The first-order valence-corrected chi connectivity index (χ1v) is 18.5. The number of ether oxygens (including phenoxy) is 3. The van der Waals surface area contributed by atoms with Crippen molar-refractivity contribution in [2.75, 3.05) is 38.2 Å². The van der Waals surface area contributed by atoms with Crippen molar-refractivity contribution in [2.45, 2.75) is 132 Å². The van der Waals surface area contributed by atoms with Gasteiger partial charge < -0.3 is 31.0 Å². The maximum absolute atomic E-state index is 15.9. The smallest absolute Gasteiger partial charge is 0.407 e. The number of benzene rings is 1. The summed E-state index contributed by atoms with van der Waals surface area (Å²) in [4.78, 5) is 26.4. The van der Waals surface area contributed by atoms with E-state index in [1.807, 2.05) is 27.7 Å². The molecule has 2 aromatic heterocycles. The van der Waals surface area contributed by atoms with E-state index in [1.165, 1.54) is 33.8 Å². The summed E-state index contributed by atoms with van der Waals surface area (Å²) < 4.78 is 74.4. The van der Waals surface area contributed by atoms with Gasteiger partial charge in [-0.1, -0.05) is 27.7 Å². The molecular formula is C38H59F4N7O4. The fourth-order valence-corrected chi connectivity index (χ4v) is 6.06. The number of nitrogens with two attached hydrogens (primary N) is 2. The molecule has 298 valence electrons. The fourth-order valence-electron chi connectivity index (χ4n) is 6.06. The third-order valence-electron chi connectivity index (χ3n) is 8.62. The first kappa shape index (κ1) is 45.0. The summed E-state index contributed by atoms with van der Waals surface area (Å²) in [5.41, 5.74) is 9.44. The second-order valence-electron chi connectivity index (χ2n) is 13.5. The molecule has 11 nitrogen and oxygen atoms in total. The van der Waals surface area contributed by atoms with Gasteiger partial charge in [0.1, 0.15) is 39.9 Å². The normalized spacial score (nSPS) is 17.0. The van der Waals surface area contributed by atoms with Crippen molar-refractivity contribution < 1.29 is 36.6 Å². The minimum atomic E-state index is -1.16. The minimum absolute atomic E-state index is 0.0228. The Bertz CT molecular complexity index is 1630. The second-order valence-corrected chi connectivity index (χ2v) is 13.5. The van der Waals surface area contributed by atoms with Gasteiger partial charge in [-0.05, 0) is 97.7 Å². The van der Waals surface area contributed by atoms with Crippen molar-refractivity contribution in [3.8, 4) is 23.1 Å². The molecule has 3 unspecified atom stereocenters. The number of nitrogens with zero attached hydrogens (tertiary/aromatic N) is 4. The van der Waals surface area contributed by atoms with Gasteiger partial charge in [-0.15, -0.1) is 0 Å². The number of unbranched alkanes of at least 4 members (excludes halogenated alkanes) is 1. The minimum Gasteiger partial charge on any atom is -0.474 e. The summed E-state index contributed by atoms with van der Waals surface area (Å²) in [5, 5.41) is 2.66. The Hall–Kier alpha value is -4.14. The van der Waals surface area contributed by atoms with Gasteiger partial charge in [-0.25, -0.2) is 27.3 Å². The predicted octanol–water partition coefficient (Wildman–Crippen LogP) is 8.61. The van der Waals surface area contributed by atoms with Crippen LogP contribution in [0.1, 0.15) is 105 Å². The number of hydrogen-bond acceptors (Lipinski definition) is 10. The average Bonchev–Trinajstić information content (AvgIpc) is 3.70. The zero-order chi connectivity index (χ0) is 40.2. The zero-order valence-electron chi connectivity index (χ0n) is 33.2. The number of carbonyl (C=O) groups is 1. The zero-order valence-corrected chi connectivity index (χ0v) is 33.2. The number of alkyl carbamates (subject to hydrolysis) is 1. The van der Waals surface area contributed by atoms with Crippen LogP contribution in [0, 0.1) is 31.3 Å². The second kappa shape index (κ2) is 20.4. The lowest BCUT2D eigenvalue weighted by Gasteiger charge is -2.20. The van der Waals surface area contributed by atoms with Gasteiger partial charge in [-0.3, -0.25) is 4.90 Å². The van der Waals surface area contributed by atoms with E-state index in [1.54, 1.807) is 27.7 Å². The molecule has 15 heteroatoms. The van der Waals surface area contributed by atoms with Crippen LogP contribution in [0.5, 0.6) is 11.9 Å². The molecule has 1 aromatic carbocycles. The molecule has 5 N–H and O–H groups in total. The van der Waals surface area contributed by atoms with Crippen molar-refractivity contribution in [2.24, 2.45) is 0 Å². The number of fused-ring (bicyclic) bond motifs is 2. The summed E-state index contributed by atoms with van der Waals surface area (Å²) >= 11 is 0. The molecule has 0 spiro atoms. The molecule has 5 rings (SSSR count). The van der Waals surface area contributed by atoms with E-state index >= 15 is 8.78 Å². The number of halogens is 4. The number of carbonyl (C=O) groups excluding carboxylic acids is 1. The first-order chi connectivity index (χ1) is 25.0. The van der Waals surface area contributed by atoms with Crippen molar-refractivity contribution in [3.05, 3.63) is 28.6 Å². The Morgan fingerprint density at radius 2 is 1.66 bits per heavy atom. The number of rotatable bonds is 9. The van der Waals surface area contributed by atoms with Gasteiger partial charge in [0, 0.05) is 24.7 Å². The molecular weight excluding hydrogens is 694 g/mol. The molecule has 1 amide bonds. The number of pyridine rings is 1. The quantitative estimate of drug-likeness (QED) is 0.110. The molecule has 2 fully saturated rings. The predicted molar refractivity (Wildman–Crippen MR) is 202 cm³/mol. The third kappa shape index (κ3) is 11.7. The molecule has 3 aromatic rings. The van der Waals surface area contributed by atoms with Gasteiger partial charge in [0.2, 0.25) is 5.88 Å². The van der Waals surface area contributed by atoms with E-state index < -0.39 is 52.8 Å². The number of amides is 1. The molecule has 0 radical (unpaired) electrons. The van der Waals surface area contributed by atoms with Crippen LogP contribution in [0.4, 0.5) is 33.9 Å². The Morgan fingerprint density at radius 3 is 2.26 bits per heavy atom. The highest BCUT2D eigenvalue weighted by molar-refractivity contribution is 5.96. The lowest BCUT2D eigenvalue weighted by molar-refractivity contribution is 0.0526. The van der Waals surface area contributed by atoms with E-state index in [2.05, 4.69) is 25.2 Å². The van der Waals surface area contributed by atoms with Gasteiger partial charge in [0.25, 0.3) is 0 Å². The number of nitrogens with one attached hydrogen (secondary N) is 1. The highest BCUT2D eigenvalue weighted by atomic mass is 19.1. The standard InChI is InChI=1S/C27H35F3N6O4.C7H12FN.2C2H6/c1-12(10-8-9-11-33-26(37)40-27(4,5)6)39-24-16-22(35-25(38-7)36-23(16)32)19(30)21(34-24)15-13(2)14(3)17(28)20(31)18(15)29;8-6-4-7-2-1-3-9(7)5-6;2*1-2/h12H,8-11,31H2,1-7H3,(H,33,37)(H2,32,35,36);6-7H,1-5H2;2*1-2H3. The number of hydrogen-bond donors (Lipinski definition) is 3. The van der Waals surface area contributed by atoms with Crippen LogP contribution in [-0.4, -0.2) is 76.6 Å². The van der Waals surface area contributed by atoms with Crippen LogP contribution >= 0.6 is 0 Å². The molecule has 0 bridgehead atoms. The van der Waals surface area contributed by atoms with E-state index in [-0.39, 0.29) is 45.3 Å². The van der Waals surface area contributed by atoms with E-state index in [9.17, 15) is 13.6 Å². The molecule has 0 aliphatic carbocycles. The Labute approximate surface area is 311 Å². The topological polar surface area (TPSA) is 151 Å². The first-order valence-electron chi connectivity index (χ1n) is 18.5. The molecule has 53 heavy (non-hydrogen) atoms. The lowest BCUT2D eigenvalue weighted by Crippen LogP contribution is -2.33. The summed E-state index contributed by atoms with van der Waals surface area (Å²) in [6.45, 7) is 20.2. The molecule has 2 aliphatic heterocycles. The van der Waals surface area contributed by atoms with Crippen LogP contribution in [0.25, 0.3) is 22.2 Å². The van der Waals surface area contributed by atoms with E-state index in [0.717, 1.165) is 13.0 Å². The fraction of sp³-hybridized carbons (Fsp3) is 0.632. The summed E-state index contributed by atoms with van der Waals surface area (Å²) in [5.74, 6) is -3.40. The van der Waals surface area contributed by atoms with Crippen molar-refractivity contribution in [1.82, 2.24) is 25.2 Å². The molecule has 3 atom stereocenters. The average molecular weight is 754 g/mol. The van der Waals surface area contributed by atoms with Crippen LogP contribution in [0.2, 0.25) is 0 Å². The summed E-state index contributed by atoms with van der Waals surface area (Å²) in [7, 11) is 1.28. The maximum atomic E-state index is 15.9. The van der Waals surface area contributed by atoms with Gasteiger partial charge in [0.05, 0.1) is 13.2 Å². The van der Waals surface area contributed by atoms with Crippen molar-refractivity contribution in [1.29, 1.82) is 0 Å². The number of anilines is 2. The largest absolute Gasteiger partial charge is 0.474 e. The number of alkyl halides is 1. The molecule has 2 aliphatic rings. The maximum Gasteiger partial charge on any atom is 0.407 e. The SMILES string of the molecule is CC.CC.COc1nc(N)c2c(OC(C)CCCCNC(=O)OC(C)(C)C)nc(-c3c(C)c(C)c(F)c(N)c3F)c(F)c2n1.FC1CC2CCCN2C1. The van der Waals surface area contributed by atoms with Gasteiger partial charge in [0.15, 0.2) is 17.5 Å². The van der Waals surface area contributed by atoms with E-state index in [0.29, 0.717) is 38.4 Å². The molecule has 0 saturated carbocycles. The highest BCUT2D eigenvalue weighted by Crippen LogP contribution is 2.40. The Morgan fingerprint density at radius 1 is 1.00 bits per heavy atom. The summed E-state index contributed by atoms with van der Waals surface area (Å²) in [6, 6.07) is 0.393. The summed E-state index contributed by atoms with van der Waals surface area (Å²) in [6.07, 6.45) is 3.67. The van der Waals surface area contributed by atoms with Gasteiger partial charge in [-0.2, -0.15) is 9.97 Å². The Kier molecular flexibility index (Phi) is 17.3. The van der Waals surface area contributed by atoms with Crippen LogP contribution in [0.15, 0.2) is 0 Å². The number of aromatic nitrogens is 3. The Balaban J connectivity index is 0.000000630. The van der Waals surface area contributed by atoms with Crippen LogP contribution in [0.3, 0.4) is 0 Å². The van der Waals surface area contributed by atoms with E-state index in [4.69, 9.17) is 25.7 Å². The third-order valence-corrected chi connectivity index (χ3v) is 8.62. The molecule has 2 saturated heterocycles. The van der Waals surface area contributed by atoms with Crippen molar-refractivity contribution >= 4 is 28.5 Å². The molecule has 4 heterocycles. The van der Waals surface area contributed by atoms with Crippen molar-refractivity contribution in [3.63, 3.8) is 0 Å². The monoisotopic (exact) mass is 753 g/mol.